The first-order valence-corrected chi connectivity index (χ1v) is 4.34. The summed E-state index contributed by atoms with van der Waals surface area (Å²) >= 11 is 0. The zero-order valence-electron chi connectivity index (χ0n) is 8.27. The summed E-state index contributed by atoms with van der Waals surface area (Å²) in [5, 5.41) is 17.9. The Morgan fingerprint density at radius 1 is 1.47 bits per heavy atom. The van der Waals surface area contributed by atoms with Crippen molar-refractivity contribution < 1.29 is 24.5 Å². The molecule has 0 aliphatic carbocycles. The third-order valence-electron chi connectivity index (χ3n) is 1.73. The monoisotopic (exact) mass is 212 g/mol. The predicted molar refractivity (Wildman–Crippen MR) is 52.0 cm³/mol. The van der Waals surface area contributed by atoms with Crippen molar-refractivity contribution in [3.05, 3.63) is 23.8 Å². The number of methoxy groups -OCH3 is 1. The molecule has 1 aromatic rings. The molecule has 1 aromatic carbocycles. The number of hydrogen-bond donors (Lipinski definition) is 2. The van der Waals surface area contributed by atoms with Crippen molar-refractivity contribution in [3.63, 3.8) is 0 Å². The van der Waals surface area contributed by atoms with Gasteiger partial charge in [0.25, 0.3) is 0 Å². The van der Waals surface area contributed by atoms with Crippen molar-refractivity contribution in [2.75, 3.05) is 20.3 Å². The van der Waals surface area contributed by atoms with E-state index in [0.29, 0.717) is 5.75 Å². The first-order valence-electron chi connectivity index (χ1n) is 4.34. The first kappa shape index (κ1) is 11.3. The molecule has 0 radical (unpaired) electrons. The lowest BCUT2D eigenvalue weighted by Gasteiger charge is -2.07. The molecule has 5 nitrogen and oxygen atoms in total. The van der Waals surface area contributed by atoms with Crippen LogP contribution in [0.3, 0.4) is 0 Å². The molecular formula is C10H12O5. The molecule has 0 amide bonds. The van der Waals surface area contributed by atoms with E-state index in [2.05, 4.69) is 4.74 Å². The predicted octanol–water partition coefficient (Wildman–Crippen LogP) is 0.550. The third kappa shape index (κ3) is 2.85. The van der Waals surface area contributed by atoms with Crippen molar-refractivity contribution in [1.82, 2.24) is 0 Å². The van der Waals surface area contributed by atoms with Crippen LogP contribution in [0.2, 0.25) is 0 Å². The van der Waals surface area contributed by atoms with Gasteiger partial charge in [0.05, 0.1) is 13.7 Å². The third-order valence-corrected chi connectivity index (χ3v) is 1.73. The molecule has 2 N–H and O–H groups in total. The average Bonchev–Trinajstić information content (AvgIpc) is 2.27. The minimum Gasteiger partial charge on any atom is -0.507 e. The van der Waals surface area contributed by atoms with Gasteiger partial charge in [0.2, 0.25) is 0 Å². The van der Waals surface area contributed by atoms with E-state index in [-0.39, 0.29) is 24.5 Å². The summed E-state index contributed by atoms with van der Waals surface area (Å²) in [6.07, 6.45) is 0. The Morgan fingerprint density at radius 3 is 2.80 bits per heavy atom. The summed E-state index contributed by atoms with van der Waals surface area (Å²) in [7, 11) is 1.23. The van der Waals surface area contributed by atoms with Crippen LogP contribution in [0.25, 0.3) is 0 Å². The molecule has 0 spiro atoms. The van der Waals surface area contributed by atoms with Gasteiger partial charge in [-0.05, 0) is 18.2 Å². The highest BCUT2D eigenvalue weighted by Gasteiger charge is 2.12. The zero-order chi connectivity index (χ0) is 11.3. The van der Waals surface area contributed by atoms with Gasteiger partial charge in [-0.15, -0.1) is 0 Å². The maximum Gasteiger partial charge on any atom is 0.341 e. The molecule has 5 heteroatoms. The highest BCUT2D eigenvalue weighted by molar-refractivity contribution is 5.92. The van der Waals surface area contributed by atoms with Crippen LogP contribution in [0.5, 0.6) is 11.5 Å². The summed E-state index contributed by atoms with van der Waals surface area (Å²) in [6, 6.07) is 4.19. The smallest absolute Gasteiger partial charge is 0.341 e. The van der Waals surface area contributed by atoms with E-state index >= 15 is 0 Å². The molecular weight excluding hydrogens is 200 g/mol. The fourth-order valence-corrected chi connectivity index (χ4v) is 1.04. The number of phenolic OH excluding ortho intramolecular Hbond substituents is 1. The number of aromatic hydroxyl groups is 1. The quantitative estimate of drug-likeness (QED) is 0.713. The minimum absolute atomic E-state index is 0.0351. The van der Waals surface area contributed by atoms with E-state index in [4.69, 9.17) is 9.84 Å². The van der Waals surface area contributed by atoms with Crippen LogP contribution >= 0.6 is 0 Å². The molecule has 0 atom stereocenters. The first-order chi connectivity index (χ1) is 7.19. The Balaban J connectivity index is 2.89. The van der Waals surface area contributed by atoms with Crippen molar-refractivity contribution in [2.45, 2.75) is 0 Å². The lowest BCUT2D eigenvalue weighted by atomic mass is 10.2. The van der Waals surface area contributed by atoms with Gasteiger partial charge in [0, 0.05) is 0 Å². The highest BCUT2D eigenvalue weighted by atomic mass is 16.5. The van der Waals surface area contributed by atoms with E-state index in [1.165, 1.54) is 25.3 Å². The van der Waals surface area contributed by atoms with Gasteiger partial charge >= 0.3 is 5.97 Å². The number of carbonyl (C=O) groups is 1. The van der Waals surface area contributed by atoms with Gasteiger partial charge in [0.15, 0.2) is 0 Å². The maximum absolute atomic E-state index is 11.2. The lowest BCUT2D eigenvalue weighted by Crippen LogP contribution is -2.05. The molecule has 0 unspecified atom stereocenters. The maximum atomic E-state index is 11.2. The Hall–Kier alpha value is -1.75. The van der Waals surface area contributed by atoms with Crippen molar-refractivity contribution in [1.29, 1.82) is 0 Å². The number of hydrogen-bond acceptors (Lipinski definition) is 5. The van der Waals surface area contributed by atoms with E-state index in [1.54, 1.807) is 0 Å². The Kier molecular flexibility index (Phi) is 3.93. The SMILES string of the molecule is COC(=O)c1cc(OCCO)ccc1O. The van der Waals surface area contributed by atoms with E-state index in [1.807, 2.05) is 0 Å². The summed E-state index contributed by atoms with van der Waals surface area (Å²) in [5.41, 5.74) is 0.0351. The molecule has 0 heterocycles. The molecule has 0 bridgehead atoms. The summed E-state index contributed by atoms with van der Waals surface area (Å²) in [4.78, 5) is 11.2. The topological polar surface area (TPSA) is 76.0 Å². The van der Waals surface area contributed by atoms with Crippen molar-refractivity contribution in [3.8, 4) is 11.5 Å². The summed E-state index contributed by atoms with van der Waals surface area (Å²) in [6.45, 7) is 0.0137. The van der Waals surface area contributed by atoms with Crippen LogP contribution in [0.15, 0.2) is 18.2 Å². The Labute approximate surface area is 86.9 Å². The fourth-order valence-electron chi connectivity index (χ4n) is 1.04. The molecule has 0 fully saturated rings. The molecule has 15 heavy (non-hydrogen) atoms. The van der Waals surface area contributed by atoms with Crippen LogP contribution in [-0.4, -0.2) is 36.5 Å². The van der Waals surface area contributed by atoms with Gasteiger partial charge in [-0.3, -0.25) is 0 Å². The van der Waals surface area contributed by atoms with Crippen LogP contribution in [-0.2, 0) is 4.74 Å². The van der Waals surface area contributed by atoms with Crippen molar-refractivity contribution in [2.24, 2.45) is 0 Å². The van der Waals surface area contributed by atoms with Gasteiger partial charge in [-0.2, -0.15) is 0 Å². The van der Waals surface area contributed by atoms with Crippen LogP contribution in [0, 0.1) is 0 Å². The number of phenols is 1. The summed E-state index contributed by atoms with van der Waals surface area (Å²) < 4.78 is 9.55. The minimum atomic E-state index is -0.637. The highest BCUT2D eigenvalue weighted by Crippen LogP contribution is 2.23. The number of ether oxygens (including phenoxy) is 2. The molecule has 0 saturated carbocycles. The molecule has 0 aliphatic rings. The standard InChI is InChI=1S/C10H12O5/c1-14-10(13)8-6-7(15-5-4-11)2-3-9(8)12/h2-3,6,11-12H,4-5H2,1H3. The number of carbonyl (C=O) groups excluding carboxylic acids is 1. The van der Waals surface area contributed by atoms with E-state index < -0.39 is 5.97 Å². The number of rotatable bonds is 4. The van der Waals surface area contributed by atoms with Crippen LogP contribution < -0.4 is 4.74 Å². The zero-order valence-corrected chi connectivity index (χ0v) is 8.27. The second-order valence-corrected chi connectivity index (χ2v) is 2.74. The largest absolute Gasteiger partial charge is 0.507 e. The van der Waals surface area contributed by atoms with Gasteiger partial charge in [0.1, 0.15) is 23.7 Å². The van der Waals surface area contributed by atoms with Gasteiger partial charge in [-0.25, -0.2) is 4.79 Å². The Bertz CT molecular complexity index is 348. The summed E-state index contributed by atoms with van der Waals surface area (Å²) in [5.74, 6) is -0.414. The normalized spacial score (nSPS) is 9.73. The van der Waals surface area contributed by atoms with Crippen molar-refractivity contribution >= 4 is 5.97 Å². The number of benzene rings is 1. The van der Waals surface area contributed by atoms with Crippen LogP contribution in [0.1, 0.15) is 10.4 Å². The molecule has 0 saturated heterocycles. The number of esters is 1. The van der Waals surface area contributed by atoms with Gasteiger partial charge < -0.3 is 19.7 Å². The van der Waals surface area contributed by atoms with E-state index in [9.17, 15) is 9.90 Å². The molecule has 0 aliphatic heterocycles. The number of aliphatic hydroxyl groups is 1. The average molecular weight is 212 g/mol. The van der Waals surface area contributed by atoms with Crippen LogP contribution in [0.4, 0.5) is 0 Å². The van der Waals surface area contributed by atoms with E-state index in [0.717, 1.165) is 0 Å². The molecule has 1 rings (SSSR count). The number of aliphatic hydroxyl groups excluding tert-OH is 1. The second kappa shape index (κ2) is 5.21. The van der Waals surface area contributed by atoms with Gasteiger partial charge in [-0.1, -0.05) is 0 Å². The molecule has 0 aromatic heterocycles. The fraction of sp³-hybridized carbons (Fsp3) is 0.300. The lowest BCUT2D eigenvalue weighted by molar-refractivity contribution is 0.0597. The second-order valence-electron chi connectivity index (χ2n) is 2.74. The molecule has 82 valence electrons. The Morgan fingerprint density at radius 2 is 2.20 bits per heavy atom.